The van der Waals surface area contributed by atoms with Crippen molar-refractivity contribution in [3.8, 4) is 5.75 Å². The van der Waals surface area contributed by atoms with Gasteiger partial charge in [-0.2, -0.15) is 13.2 Å². The zero-order valence-corrected chi connectivity index (χ0v) is 23.4. The second kappa shape index (κ2) is 11.8. The van der Waals surface area contributed by atoms with Gasteiger partial charge in [-0.3, -0.25) is 4.79 Å². The van der Waals surface area contributed by atoms with Crippen LogP contribution in [0.2, 0.25) is 0 Å². The van der Waals surface area contributed by atoms with E-state index in [0.717, 1.165) is 63.5 Å². The van der Waals surface area contributed by atoms with E-state index in [4.69, 9.17) is 4.74 Å². The Hall–Kier alpha value is -3.47. The van der Waals surface area contributed by atoms with Crippen molar-refractivity contribution in [2.45, 2.75) is 57.7 Å². The number of rotatable bonds is 6. The van der Waals surface area contributed by atoms with Gasteiger partial charge in [-0.05, 0) is 63.1 Å². The average molecular weight is 574 g/mol. The van der Waals surface area contributed by atoms with Gasteiger partial charge in [-0.1, -0.05) is 12.1 Å². The zero-order valence-electron chi connectivity index (χ0n) is 23.4. The number of amides is 1. The van der Waals surface area contributed by atoms with Crippen LogP contribution in [0.5, 0.6) is 5.75 Å². The number of aryl methyl sites for hydroxylation is 1. The van der Waals surface area contributed by atoms with Gasteiger partial charge >= 0.3 is 6.18 Å². The number of methoxy groups -OCH3 is 1. The molecule has 2 N–H and O–H groups in total. The van der Waals surface area contributed by atoms with E-state index < -0.39 is 23.6 Å². The minimum atomic E-state index is -4.79. The number of hydrogen-bond donors (Lipinski definition) is 2. The van der Waals surface area contributed by atoms with Gasteiger partial charge in [-0.25, -0.2) is 14.4 Å². The molecule has 7 nitrogen and oxygen atoms in total. The van der Waals surface area contributed by atoms with Crippen molar-refractivity contribution in [3.63, 3.8) is 0 Å². The molecule has 0 radical (unpaired) electrons. The first-order valence-corrected chi connectivity index (χ1v) is 14.0. The molecule has 1 aliphatic heterocycles. The normalized spacial score (nSPS) is 20.6. The number of nitrogens with zero attached hydrogens (tertiary/aromatic N) is 3. The summed E-state index contributed by atoms with van der Waals surface area (Å²) in [7, 11) is 1.61. The quantitative estimate of drug-likeness (QED) is 0.353. The summed E-state index contributed by atoms with van der Waals surface area (Å²) in [6, 6.07) is 6.29. The van der Waals surface area contributed by atoms with Crippen LogP contribution in [0.15, 0.2) is 30.3 Å². The van der Waals surface area contributed by atoms with Crippen LogP contribution in [-0.2, 0) is 11.0 Å². The summed E-state index contributed by atoms with van der Waals surface area (Å²) < 4.78 is 60.6. The van der Waals surface area contributed by atoms with Crippen molar-refractivity contribution in [3.05, 3.63) is 58.7 Å². The Morgan fingerprint density at radius 3 is 2.49 bits per heavy atom. The molecule has 220 valence electrons. The molecule has 1 saturated carbocycles. The number of carbonyl (C=O) groups excluding carboxylic acids is 1. The Labute approximate surface area is 236 Å². The van der Waals surface area contributed by atoms with E-state index in [-0.39, 0.29) is 23.3 Å². The van der Waals surface area contributed by atoms with Gasteiger partial charge in [0, 0.05) is 49.1 Å². The fourth-order valence-electron chi connectivity index (χ4n) is 6.08. The molecule has 5 rings (SSSR count). The molecule has 41 heavy (non-hydrogen) atoms. The monoisotopic (exact) mass is 573 g/mol. The number of aromatic nitrogens is 2. The molecule has 1 atom stereocenters. The lowest BCUT2D eigenvalue weighted by molar-refractivity contribution is -0.140. The smallest absolute Gasteiger partial charge is 0.419 e. The number of carbonyl (C=O) groups is 1. The SMILES string of the molecule is COc1cc2nc(C)nc(N[C@H](C)c3cccc(C(F)(F)F)c3F)c2cc1C1CCC(C(=O)N2CCNCC2)CC1. The van der Waals surface area contributed by atoms with Crippen molar-refractivity contribution < 1.29 is 27.1 Å². The molecule has 2 aliphatic rings. The molecule has 2 fully saturated rings. The van der Waals surface area contributed by atoms with Crippen LogP contribution < -0.4 is 15.4 Å². The molecule has 1 amide bonds. The van der Waals surface area contributed by atoms with E-state index in [1.807, 2.05) is 17.0 Å². The highest BCUT2D eigenvalue weighted by Gasteiger charge is 2.36. The van der Waals surface area contributed by atoms with Gasteiger partial charge < -0.3 is 20.3 Å². The van der Waals surface area contributed by atoms with E-state index in [0.29, 0.717) is 28.3 Å². The second-order valence-corrected chi connectivity index (χ2v) is 10.9. The number of alkyl halides is 3. The number of halogens is 4. The minimum Gasteiger partial charge on any atom is -0.496 e. The predicted octanol–water partition coefficient (Wildman–Crippen LogP) is 5.98. The molecule has 1 saturated heterocycles. The zero-order chi connectivity index (χ0) is 29.3. The maximum atomic E-state index is 14.9. The standard InChI is InChI=1S/C30H35F4N5O2/c1-17(21-5-4-6-24(27(21)31)30(32,33)34)36-28-23-15-22(26(41-3)16-25(23)37-18(2)38-28)19-7-9-20(10-8-19)29(40)39-13-11-35-12-14-39/h4-6,15-17,19-20,35H,7-14H2,1-3H3,(H,36,37,38)/t17-,19?,20?/m1/s1. The average Bonchev–Trinajstić information content (AvgIpc) is 2.96. The van der Waals surface area contributed by atoms with E-state index in [1.165, 1.54) is 12.1 Å². The Bertz CT molecular complexity index is 1420. The van der Waals surface area contributed by atoms with Crippen LogP contribution in [0.25, 0.3) is 10.9 Å². The topological polar surface area (TPSA) is 79.4 Å². The molecule has 2 heterocycles. The highest BCUT2D eigenvalue weighted by Crippen LogP contribution is 2.43. The van der Waals surface area contributed by atoms with Gasteiger partial charge in [0.25, 0.3) is 0 Å². The predicted molar refractivity (Wildman–Crippen MR) is 148 cm³/mol. The lowest BCUT2D eigenvalue weighted by Gasteiger charge is -2.34. The number of hydrogen-bond acceptors (Lipinski definition) is 6. The van der Waals surface area contributed by atoms with E-state index in [9.17, 15) is 22.4 Å². The highest BCUT2D eigenvalue weighted by atomic mass is 19.4. The molecule has 1 aliphatic carbocycles. The maximum Gasteiger partial charge on any atom is 0.419 e. The molecular formula is C30H35F4N5O2. The summed E-state index contributed by atoms with van der Waals surface area (Å²) in [5.74, 6) is 0.666. The van der Waals surface area contributed by atoms with Crippen molar-refractivity contribution in [1.82, 2.24) is 20.2 Å². The van der Waals surface area contributed by atoms with Crippen molar-refractivity contribution in [2.24, 2.45) is 5.92 Å². The fraction of sp³-hybridized carbons (Fsp3) is 0.500. The van der Waals surface area contributed by atoms with Crippen LogP contribution in [-0.4, -0.2) is 54.1 Å². The van der Waals surface area contributed by atoms with Gasteiger partial charge in [-0.15, -0.1) is 0 Å². The van der Waals surface area contributed by atoms with Crippen LogP contribution in [0.4, 0.5) is 23.4 Å². The third kappa shape index (κ3) is 6.10. The van der Waals surface area contributed by atoms with Gasteiger partial charge in [0.2, 0.25) is 5.91 Å². The largest absolute Gasteiger partial charge is 0.496 e. The summed E-state index contributed by atoms with van der Waals surface area (Å²) in [6.45, 7) is 6.46. The molecule has 11 heteroatoms. The van der Waals surface area contributed by atoms with Crippen LogP contribution in [0, 0.1) is 18.7 Å². The van der Waals surface area contributed by atoms with Crippen molar-refractivity contribution >= 4 is 22.6 Å². The van der Waals surface area contributed by atoms with Crippen molar-refractivity contribution in [2.75, 3.05) is 38.6 Å². The molecule has 1 aromatic heterocycles. The summed E-state index contributed by atoms with van der Waals surface area (Å²) in [6.07, 6.45) is -1.57. The third-order valence-electron chi connectivity index (χ3n) is 8.26. The summed E-state index contributed by atoms with van der Waals surface area (Å²) >= 11 is 0. The summed E-state index contributed by atoms with van der Waals surface area (Å²) in [4.78, 5) is 24.1. The van der Waals surface area contributed by atoms with Gasteiger partial charge in [0.05, 0.1) is 24.2 Å². The lowest BCUT2D eigenvalue weighted by Crippen LogP contribution is -2.48. The first kappa shape index (κ1) is 29.0. The van der Waals surface area contributed by atoms with Crippen LogP contribution in [0.1, 0.15) is 67.1 Å². The van der Waals surface area contributed by atoms with E-state index >= 15 is 0 Å². The van der Waals surface area contributed by atoms with Crippen LogP contribution in [0.3, 0.4) is 0 Å². The molecule has 2 aromatic carbocycles. The minimum absolute atomic E-state index is 0.0159. The summed E-state index contributed by atoms with van der Waals surface area (Å²) in [5.41, 5.74) is 0.178. The van der Waals surface area contributed by atoms with Crippen LogP contribution >= 0.6 is 0 Å². The number of benzene rings is 2. The molecule has 0 bridgehead atoms. The van der Waals surface area contributed by atoms with Gasteiger partial charge in [0.1, 0.15) is 23.2 Å². The Balaban J connectivity index is 1.41. The van der Waals surface area contributed by atoms with E-state index in [1.54, 1.807) is 21.0 Å². The number of piperazine rings is 1. The Morgan fingerprint density at radius 1 is 1.12 bits per heavy atom. The summed E-state index contributed by atoms with van der Waals surface area (Å²) in [5, 5.41) is 7.09. The van der Waals surface area contributed by atoms with Gasteiger partial charge in [0.15, 0.2) is 0 Å². The van der Waals surface area contributed by atoms with Crippen molar-refractivity contribution in [1.29, 1.82) is 0 Å². The Kier molecular flexibility index (Phi) is 8.35. The third-order valence-corrected chi connectivity index (χ3v) is 8.26. The molecule has 0 unspecified atom stereocenters. The van der Waals surface area contributed by atoms with E-state index in [2.05, 4.69) is 20.6 Å². The first-order chi connectivity index (χ1) is 19.6. The number of nitrogens with one attached hydrogen (secondary N) is 2. The highest BCUT2D eigenvalue weighted by molar-refractivity contribution is 5.91. The molecular weight excluding hydrogens is 538 g/mol. The number of ether oxygens (including phenoxy) is 1. The molecule has 3 aromatic rings. The first-order valence-electron chi connectivity index (χ1n) is 14.0. The Morgan fingerprint density at radius 2 is 1.83 bits per heavy atom. The maximum absolute atomic E-state index is 14.9. The molecule has 0 spiro atoms. The number of anilines is 1. The lowest BCUT2D eigenvalue weighted by atomic mass is 9.77. The fourth-order valence-corrected chi connectivity index (χ4v) is 6.08. The number of fused-ring (bicyclic) bond motifs is 1. The second-order valence-electron chi connectivity index (χ2n) is 10.9.